The lowest BCUT2D eigenvalue weighted by Gasteiger charge is -2.13. The number of halogens is 4. The summed E-state index contributed by atoms with van der Waals surface area (Å²) < 4.78 is 61.9. The van der Waals surface area contributed by atoms with E-state index in [0.717, 1.165) is 6.07 Å². The fourth-order valence-corrected chi connectivity index (χ4v) is 1.39. The van der Waals surface area contributed by atoms with Gasteiger partial charge in [0.15, 0.2) is 0 Å². The third-order valence-electron chi connectivity index (χ3n) is 2.23. The maximum atomic E-state index is 12.3. The van der Waals surface area contributed by atoms with Crippen molar-refractivity contribution in [3.05, 3.63) is 23.8 Å². The molecule has 1 N–H and O–H groups in total. The minimum absolute atomic E-state index is 0.0424. The smallest absolute Gasteiger partial charge is 0.387 e. The summed E-state index contributed by atoms with van der Waals surface area (Å²) in [6.07, 6.45) is 0. The number of alkyl halides is 4. The molecule has 1 aromatic carbocycles. The zero-order valence-corrected chi connectivity index (χ0v) is 11.2. The van der Waals surface area contributed by atoms with Gasteiger partial charge in [0.25, 0.3) is 0 Å². The lowest BCUT2D eigenvalue weighted by molar-refractivity contribution is -0.0552. The predicted octanol–water partition coefficient (Wildman–Crippen LogP) is 2.56. The molecule has 0 radical (unpaired) electrons. The second-order valence-electron chi connectivity index (χ2n) is 3.69. The number of hydrogen-bond donors (Lipinski definition) is 1. The van der Waals surface area contributed by atoms with Crippen molar-refractivity contribution < 1.29 is 36.6 Å². The van der Waals surface area contributed by atoms with E-state index in [4.69, 9.17) is 9.57 Å². The van der Waals surface area contributed by atoms with Gasteiger partial charge in [-0.1, -0.05) is 6.07 Å². The zero-order valence-electron chi connectivity index (χ0n) is 11.2. The van der Waals surface area contributed by atoms with Crippen LogP contribution in [0.3, 0.4) is 0 Å². The van der Waals surface area contributed by atoms with Crippen LogP contribution in [0.25, 0.3) is 0 Å². The molecular weight excluding hydrogens is 298 g/mol. The summed E-state index contributed by atoms with van der Waals surface area (Å²) in [6.45, 7) is -5.48. The van der Waals surface area contributed by atoms with Crippen molar-refractivity contribution in [3.63, 3.8) is 0 Å². The van der Waals surface area contributed by atoms with E-state index in [9.17, 15) is 17.6 Å². The van der Waals surface area contributed by atoms with Gasteiger partial charge in [-0.2, -0.15) is 23.0 Å². The van der Waals surface area contributed by atoms with Gasteiger partial charge >= 0.3 is 13.2 Å². The molecular formula is C12H15F4NO4. The largest absolute Gasteiger partial charge is 0.435 e. The Labute approximate surface area is 118 Å². The zero-order chi connectivity index (χ0) is 15.7. The van der Waals surface area contributed by atoms with E-state index in [-0.39, 0.29) is 24.7 Å². The second-order valence-corrected chi connectivity index (χ2v) is 3.69. The van der Waals surface area contributed by atoms with Crippen LogP contribution in [-0.2, 0) is 16.1 Å². The van der Waals surface area contributed by atoms with Gasteiger partial charge in [0, 0.05) is 25.3 Å². The number of hydroxylamine groups is 1. The minimum Gasteiger partial charge on any atom is -0.435 e. The highest BCUT2D eigenvalue weighted by Crippen LogP contribution is 2.27. The predicted molar refractivity (Wildman–Crippen MR) is 64.4 cm³/mol. The summed E-state index contributed by atoms with van der Waals surface area (Å²) >= 11 is 0. The van der Waals surface area contributed by atoms with E-state index in [0.29, 0.717) is 12.2 Å². The quantitative estimate of drug-likeness (QED) is 0.409. The number of nitrogens with one attached hydrogen (secondary N) is 1. The van der Waals surface area contributed by atoms with Gasteiger partial charge in [0.2, 0.25) is 0 Å². The van der Waals surface area contributed by atoms with Crippen molar-refractivity contribution in [2.75, 3.05) is 20.3 Å². The van der Waals surface area contributed by atoms with Crippen LogP contribution in [0.15, 0.2) is 18.2 Å². The molecule has 0 saturated carbocycles. The van der Waals surface area contributed by atoms with E-state index in [1.54, 1.807) is 0 Å². The molecule has 1 rings (SSSR count). The first kappa shape index (κ1) is 17.5. The first-order valence-corrected chi connectivity index (χ1v) is 5.89. The van der Waals surface area contributed by atoms with Crippen molar-refractivity contribution in [1.82, 2.24) is 5.48 Å². The summed E-state index contributed by atoms with van der Waals surface area (Å²) in [6, 6.07) is 3.50. The molecule has 0 atom stereocenters. The maximum Gasteiger partial charge on any atom is 0.387 e. The van der Waals surface area contributed by atoms with E-state index in [2.05, 4.69) is 15.0 Å². The van der Waals surface area contributed by atoms with Gasteiger partial charge in [-0.25, -0.2) is 0 Å². The van der Waals surface area contributed by atoms with Gasteiger partial charge in [-0.05, 0) is 6.07 Å². The van der Waals surface area contributed by atoms with E-state index >= 15 is 0 Å². The van der Waals surface area contributed by atoms with Crippen LogP contribution >= 0.6 is 0 Å². The Bertz CT molecular complexity index is 420. The number of rotatable bonds is 10. The van der Waals surface area contributed by atoms with E-state index < -0.39 is 13.2 Å². The Kier molecular flexibility index (Phi) is 7.80. The number of methoxy groups -OCH3 is 1. The molecule has 0 aliphatic heterocycles. The van der Waals surface area contributed by atoms with Crippen molar-refractivity contribution in [2.45, 2.75) is 19.8 Å². The van der Waals surface area contributed by atoms with Gasteiger partial charge < -0.3 is 14.2 Å². The second kappa shape index (κ2) is 9.37. The third kappa shape index (κ3) is 7.11. The van der Waals surface area contributed by atoms with Crippen molar-refractivity contribution in [2.24, 2.45) is 0 Å². The molecule has 0 unspecified atom stereocenters. The molecule has 0 spiro atoms. The molecule has 0 amide bonds. The van der Waals surface area contributed by atoms with Gasteiger partial charge in [0.05, 0.1) is 13.2 Å². The number of hydrogen-bond acceptors (Lipinski definition) is 5. The molecule has 0 aromatic heterocycles. The van der Waals surface area contributed by atoms with Gasteiger partial charge in [-0.15, -0.1) is 0 Å². The highest BCUT2D eigenvalue weighted by molar-refractivity contribution is 5.40. The molecule has 5 nitrogen and oxygen atoms in total. The summed E-state index contributed by atoms with van der Waals surface area (Å²) in [5.74, 6) is -0.546. The van der Waals surface area contributed by atoms with Crippen LogP contribution in [-0.4, -0.2) is 33.5 Å². The topological polar surface area (TPSA) is 49.0 Å². The lowest BCUT2D eigenvalue weighted by Crippen LogP contribution is -2.18. The summed E-state index contributed by atoms with van der Waals surface area (Å²) in [4.78, 5) is 4.96. The highest BCUT2D eigenvalue weighted by atomic mass is 19.3. The summed E-state index contributed by atoms with van der Waals surface area (Å²) in [5.41, 5.74) is 2.82. The van der Waals surface area contributed by atoms with Crippen LogP contribution in [0, 0.1) is 0 Å². The Balaban J connectivity index is 2.67. The van der Waals surface area contributed by atoms with E-state index in [1.165, 1.54) is 19.2 Å². The molecule has 0 heterocycles. The summed E-state index contributed by atoms with van der Waals surface area (Å²) in [5, 5.41) is 0. The maximum absolute atomic E-state index is 12.3. The van der Waals surface area contributed by atoms with Crippen molar-refractivity contribution >= 4 is 0 Å². The standard InChI is InChI=1S/C12H15F4NO4/c1-18-4-5-19-17-7-8-2-3-9(20-11(13)14)6-10(8)21-12(15)16/h2-3,6,11-12,17H,4-5,7H2,1H3. The van der Waals surface area contributed by atoms with E-state index in [1.807, 2.05) is 0 Å². The molecule has 1 aromatic rings. The third-order valence-corrected chi connectivity index (χ3v) is 2.23. The fourth-order valence-electron chi connectivity index (χ4n) is 1.39. The normalized spacial score (nSPS) is 11.2. The molecule has 0 fully saturated rings. The number of benzene rings is 1. The first-order valence-electron chi connectivity index (χ1n) is 5.89. The lowest BCUT2D eigenvalue weighted by atomic mass is 10.2. The van der Waals surface area contributed by atoms with Crippen molar-refractivity contribution in [3.8, 4) is 11.5 Å². The fraction of sp³-hybridized carbons (Fsp3) is 0.500. The molecule has 9 heteroatoms. The van der Waals surface area contributed by atoms with Crippen LogP contribution in [0.2, 0.25) is 0 Å². The Morgan fingerprint density at radius 3 is 2.38 bits per heavy atom. The molecule has 21 heavy (non-hydrogen) atoms. The average molecular weight is 313 g/mol. The molecule has 0 aliphatic rings. The highest BCUT2D eigenvalue weighted by Gasteiger charge is 2.13. The Hall–Kier alpha value is -1.58. The van der Waals surface area contributed by atoms with Crippen LogP contribution in [0.1, 0.15) is 5.56 Å². The van der Waals surface area contributed by atoms with Crippen LogP contribution in [0.5, 0.6) is 11.5 Å². The first-order chi connectivity index (χ1) is 10.0. The monoisotopic (exact) mass is 313 g/mol. The molecule has 0 aliphatic carbocycles. The molecule has 0 bridgehead atoms. The minimum atomic E-state index is -3.08. The average Bonchev–Trinajstić information content (AvgIpc) is 2.39. The van der Waals surface area contributed by atoms with Gasteiger partial charge in [-0.3, -0.25) is 4.84 Å². The van der Waals surface area contributed by atoms with Gasteiger partial charge in [0.1, 0.15) is 11.5 Å². The molecule has 120 valence electrons. The van der Waals surface area contributed by atoms with Crippen molar-refractivity contribution in [1.29, 1.82) is 0 Å². The summed E-state index contributed by atoms with van der Waals surface area (Å²) in [7, 11) is 1.50. The number of ether oxygens (including phenoxy) is 3. The molecule has 0 saturated heterocycles. The SMILES string of the molecule is COCCONCc1ccc(OC(F)F)cc1OC(F)F. The van der Waals surface area contributed by atoms with Crippen LogP contribution < -0.4 is 15.0 Å². The Morgan fingerprint density at radius 2 is 1.76 bits per heavy atom. The Morgan fingerprint density at radius 1 is 1.05 bits per heavy atom. The van der Waals surface area contributed by atoms with Crippen LogP contribution in [0.4, 0.5) is 17.6 Å².